The van der Waals surface area contributed by atoms with E-state index in [4.69, 9.17) is 0 Å². The number of carbonyl (C=O) groups is 2. The standard InChI is InChI=1S/C14H15N3O2/c18-10-16-5-7-17(8-6-16)14(19)12-1-2-13-11(9-12)3-4-15-13/h1-4,9-10,15H,5-8H2. The first-order valence-corrected chi connectivity index (χ1v) is 6.34. The van der Waals surface area contributed by atoms with Gasteiger partial charge < -0.3 is 14.8 Å². The van der Waals surface area contributed by atoms with Crippen molar-refractivity contribution in [2.45, 2.75) is 0 Å². The lowest BCUT2D eigenvalue weighted by atomic mass is 10.1. The summed E-state index contributed by atoms with van der Waals surface area (Å²) in [7, 11) is 0. The highest BCUT2D eigenvalue weighted by atomic mass is 16.2. The Labute approximate surface area is 110 Å². The van der Waals surface area contributed by atoms with Crippen molar-refractivity contribution in [1.29, 1.82) is 0 Å². The topological polar surface area (TPSA) is 56.4 Å². The molecule has 2 aromatic rings. The number of nitrogens with one attached hydrogen (secondary N) is 1. The van der Waals surface area contributed by atoms with Crippen LogP contribution in [-0.2, 0) is 4.79 Å². The van der Waals surface area contributed by atoms with Crippen LogP contribution in [0.3, 0.4) is 0 Å². The first-order chi connectivity index (χ1) is 9.28. The van der Waals surface area contributed by atoms with Crippen LogP contribution in [0.25, 0.3) is 10.9 Å². The predicted octanol–water partition coefficient (Wildman–Crippen LogP) is 1.08. The van der Waals surface area contributed by atoms with E-state index in [1.54, 1.807) is 9.80 Å². The first-order valence-electron chi connectivity index (χ1n) is 6.34. The van der Waals surface area contributed by atoms with Gasteiger partial charge in [0.2, 0.25) is 6.41 Å². The van der Waals surface area contributed by atoms with Crippen LogP contribution in [-0.4, -0.2) is 53.3 Å². The molecule has 0 saturated carbocycles. The molecular weight excluding hydrogens is 242 g/mol. The number of H-pyrrole nitrogens is 1. The number of hydrogen-bond acceptors (Lipinski definition) is 2. The summed E-state index contributed by atoms with van der Waals surface area (Å²) in [5, 5.41) is 1.04. The van der Waals surface area contributed by atoms with E-state index >= 15 is 0 Å². The number of fused-ring (bicyclic) bond motifs is 1. The molecule has 5 heteroatoms. The Hall–Kier alpha value is -2.30. The van der Waals surface area contributed by atoms with Gasteiger partial charge in [0, 0.05) is 48.8 Å². The van der Waals surface area contributed by atoms with Crippen LogP contribution in [0.15, 0.2) is 30.5 Å². The molecule has 1 aromatic carbocycles. The second-order valence-corrected chi connectivity index (χ2v) is 4.71. The van der Waals surface area contributed by atoms with Gasteiger partial charge in [0.25, 0.3) is 5.91 Å². The normalized spacial score (nSPS) is 15.8. The molecule has 1 aromatic heterocycles. The average Bonchev–Trinajstić information content (AvgIpc) is 2.94. The van der Waals surface area contributed by atoms with E-state index in [1.165, 1.54) is 0 Å². The fourth-order valence-corrected chi connectivity index (χ4v) is 2.40. The summed E-state index contributed by atoms with van der Waals surface area (Å²) in [6, 6.07) is 7.62. The maximum absolute atomic E-state index is 12.4. The molecule has 1 fully saturated rings. The van der Waals surface area contributed by atoms with E-state index in [1.807, 2.05) is 30.5 Å². The van der Waals surface area contributed by atoms with Crippen LogP contribution >= 0.6 is 0 Å². The van der Waals surface area contributed by atoms with E-state index in [0.717, 1.165) is 17.3 Å². The van der Waals surface area contributed by atoms with E-state index in [0.29, 0.717) is 31.7 Å². The summed E-state index contributed by atoms with van der Waals surface area (Å²) < 4.78 is 0. The number of piperazine rings is 1. The van der Waals surface area contributed by atoms with E-state index < -0.39 is 0 Å². The Morgan fingerprint density at radius 1 is 1.16 bits per heavy atom. The predicted molar refractivity (Wildman–Crippen MR) is 71.8 cm³/mol. The highest BCUT2D eigenvalue weighted by Gasteiger charge is 2.21. The van der Waals surface area contributed by atoms with Crippen molar-refractivity contribution in [3.63, 3.8) is 0 Å². The van der Waals surface area contributed by atoms with Crippen molar-refractivity contribution < 1.29 is 9.59 Å². The minimum atomic E-state index is 0.0358. The molecule has 98 valence electrons. The number of nitrogens with zero attached hydrogens (tertiary/aromatic N) is 2. The maximum atomic E-state index is 12.4. The molecule has 1 aliphatic rings. The van der Waals surface area contributed by atoms with Gasteiger partial charge in [-0.2, -0.15) is 0 Å². The van der Waals surface area contributed by atoms with Gasteiger partial charge in [0.05, 0.1) is 0 Å². The summed E-state index contributed by atoms with van der Waals surface area (Å²) in [6.45, 7) is 2.43. The van der Waals surface area contributed by atoms with Crippen molar-refractivity contribution in [3.8, 4) is 0 Å². The second-order valence-electron chi connectivity index (χ2n) is 4.71. The third-order valence-corrected chi connectivity index (χ3v) is 3.55. The molecule has 1 saturated heterocycles. The second kappa shape index (κ2) is 4.76. The summed E-state index contributed by atoms with van der Waals surface area (Å²) in [5.74, 6) is 0.0358. The lowest BCUT2D eigenvalue weighted by molar-refractivity contribution is -0.119. The van der Waals surface area contributed by atoms with Crippen molar-refractivity contribution >= 4 is 23.2 Å². The molecule has 5 nitrogen and oxygen atoms in total. The van der Waals surface area contributed by atoms with Gasteiger partial charge >= 0.3 is 0 Å². The van der Waals surface area contributed by atoms with Gasteiger partial charge in [-0.15, -0.1) is 0 Å². The van der Waals surface area contributed by atoms with Crippen molar-refractivity contribution in [1.82, 2.24) is 14.8 Å². The molecule has 2 amide bonds. The summed E-state index contributed by atoms with van der Waals surface area (Å²) in [4.78, 5) is 29.6. The molecule has 0 radical (unpaired) electrons. The third-order valence-electron chi connectivity index (χ3n) is 3.55. The SMILES string of the molecule is O=CN1CCN(C(=O)c2ccc3[nH]ccc3c2)CC1. The van der Waals surface area contributed by atoms with E-state index in [9.17, 15) is 9.59 Å². The molecule has 0 spiro atoms. The smallest absolute Gasteiger partial charge is 0.253 e. The van der Waals surface area contributed by atoms with Crippen molar-refractivity contribution in [2.75, 3.05) is 26.2 Å². The minimum absolute atomic E-state index is 0.0358. The largest absolute Gasteiger partial charge is 0.361 e. The lowest BCUT2D eigenvalue weighted by Crippen LogP contribution is -2.48. The number of benzene rings is 1. The Balaban J connectivity index is 1.78. The molecule has 0 unspecified atom stereocenters. The number of aromatic amines is 1. The average molecular weight is 257 g/mol. The van der Waals surface area contributed by atoms with Crippen molar-refractivity contribution in [2.24, 2.45) is 0 Å². The monoisotopic (exact) mass is 257 g/mol. The van der Waals surface area contributed by atoms with E-state index in [-0.39, 0.29) is 5.91 Å². The van der Waals surface area contributed by atoms with Crippen LogP contribution in [0, 0.1) is 0 Å². The Bertz CT molecular complexity index is 612. The lowest BCUT2D eigenvalue weighted by Gasteiger charge is -2.32. The maximum Gasteiger partial charge on any atom is 0.253 e. The van der Waals surface area contributed by atoms with Gasteiger partial charge in [0.1, 0.15) is 0 Å². The zero-order chi connectivity index (χ0) is 13.2. The molecule has 3 rings (SSSR count). The molecule has 0 bridgehead atoms. The number of aromatic nitrogens is 1. The van der Waals surface area contributed by atoms with Gasteiger partial charge in [-0.3, -0.25) is 9.59 Å². The fourth-order valence-electron chi connectivity index (χ4n) is 2.40. The van der Waals surface area contributed by atoms with Gasteiger partial charge in [-0.1, -0.05) is 0 Å². The Morgan fingerprint density at radius 2 is 1.95 bits per heavy atom. The summed E-state index contributed by atoms with van der Waals surface area (Å²) in [6.07, 6.45) is 2.70. The van der Waals surface area contributed by atoms with Crippen LogP contribution in [0.1, 0.15) is 10.4 Å². The van der Waals surface area contributed by atoms with Crippen molar-refractivity contribution in [3.05, 3.63) is 36.0 Å². The number of amides is 2. The zero-order valence-electron chi connectivity index (χ0n) is 10.5. The van der Waals surface area contributed by atoms with Gasteiger partial charge in [-0.25, -0.2) is 0 Å². The number of rotatable bonds is 2. The minimum Gasteiger partial charge on any atom is -0.361 e. The number of carbonyl (C=O) groups excluding carboxylic acids is 2. The Kier molecular flexibility index (Phi) is 2.95. The third kappa shape index (κ3) is 2.19. The molecule has 2 heterocycles. The molecule has 1 N–H and O–H groups in total. The molecule has 19 heavy (non-hydrogen) atoms. The van der Waals surface area contributed by atoms with Crippen LogP contribution in [0.2, 0.25) is 0 Å². The quantitative estimate of drug-likeness (QED) is 0.818. The van der Waals surface area contributed by atoms with Gasteiger partial charge in [-0.05, 0) is 24.3 Å². The van der Waals surface area contributed by atoms with Crippen LogP contribution in [0.4, 0.5) is 0 Å². The van der Waals surface area contributed by atoms with E-state index in [2.05, 4.69) is 4.98 Å². The summed E-state index contributed by atoms with van der Waals surface area (Å²) >= 11 is 0. The summed E-state index contributed by atoms with van der Waals surface area (Å²) in [5.41, 5.74) is 1.73. The molecule has 1 aliphatic heterocycles. The highest BCUT2D eigenvalue weighted by Crippen LogP contribution is 2.16. The zero-order valence-corrected chi connectivity index (χ0v) is 10.5. The Morgan fingerprint density at radius 3 is 2.68 bits per heavy atom. The molecule has 0 atom stereocenters. The molecule has 0 aliphatic carbocycles. The molecular formula is C14H15N3O2. The number of hydrogen-bond donors (Lipinski definition) is 1. The fraction of sp³-hybridized carbons (Fsp3) is 0.286. The van der Waals surface area contributed by atoms with Crippen LogP contribution in [0.5, 0.6) is 0 Å². The van der Waals surface area contributed by atoms with Crippen LogP contribution < -0.4 is 0 Å². The first kappa shape index (κ1) is 11.8. The highest BCUT2D eigenvalue weighted by molar-refractivity contribution is 5.98. The van der Waals surface area contributed by atoms with Gasteiger partial charge in [0.15, 0.2) is 0 Å².